The number of hydrogen-bond donors (Lipinski definition) is 1. The Labute approximate surface area is 175 Å². The van der Waals surface area contributed by atoms with Crippen molar-refractivity contribution in [2.75, 3.05) is 0 Å². The van der Waals surface area contributed by atoms with Gasteiger partial charge < -0.3 is 9.67 Å². The molecule has 2 heteroatoms. The molecule has 7 atom stereocenters. The van der Waals surface area contributed by atoms with Crippen molar-refractivity contribution in [3.8, 4) is 0 Å². The van der Waals surface area contributed by atoms with Crippen LogP contribution in [0.4, 0.5) is 0 Å². The van der Waals surface area contributed by atoms with Crippen LogP contribution in [0.1, 0.15) is 65.2 Å². The molecule has 3 fully saturated rings. The Kier molecular flexibility index (Phi) is 3.92. The molecule has 1 aromatic heterocycles. The molecule has 0 radical (unpaired) electrons. The van der Waals surface area contributed by atoms with Crippen LogP contribution in [0.3, 0.4) is 0 Å². The van der Waals surface area contributed by atoms with Crippen LogP contribution in [0.2, 0.25) is 0 Å². The number of rotatable bonds is 1. The number of para-hydroxylation sites is 1. The normalized spacial score (nSPS) is 44.1. The minimum Gasteiger partial charge on any atom is -0.393 e. The van der Waals surface area contributed by atoms with Crippen molar-refractivity contribution >= 4 is 16.6 Å². The first-order valence-corrected chi connectivity index (χ1v) is 12.0. The van der Waals surface area contributed by atoms with Crippen molar-refractivity contribution in [2.24, 2.45) is 34.5 Å². The molecule has 0 bridgehead atoms. The van der Waals surface area contributed by atoms with Gasteiger partial charge in [-0.2, -0.15) is 0 Å². The second kappa shape index (κ2) is 6.23. The van der Waals surface area contributed by atoms with Gasteiger partial charge in [0, 0.05) is 17.3 Å². The first-order chi connectivity index (χ1) is 14.0. The van der Waals surface area contributed by atoms with E-state index in [1.54, 1.807) is 5.70 Å². The number of allylic oxidation sites excluding steroid dienone is 2. The lowest BCUT2D eigenvalue weighted by atomic mass is 9.45. The fourth-order valence-corrected chi connectivity index (χ4v) is 8.45. The topological polar surface area (TPSA) is 25.2 Å². The minimum atomic E-state index is -0.0414. The average molecular weight is 390 g/mol. The third-order valence-corrected chi connectivity index (χ3v) is 10.0. The van der Waals surface area contributed by atoms with Gasteiger partial charge in [0.05, 0.1) is 11.6 Å². The van der Waals surface area contributed by atoms with Crippen LogP contribution < -0.4 is 0 Å². The second-order valence-corrected chi connectivity index (χ2v) is 11.1. The van der Waals surface area contributed by atoms with Crippen LogP contribution in [0.25, 0.3) is 16.6 Å². The summed E-state index contributed by atoms with van der Waals surface area (Å²) in [6, 6.07) is 11.1. The molecule has 0 saturated heterocycles. The molecule has 6 rings (SSSR count). The third-order valence-electron chi connectivity index (χ3n) is 10.0. The maximum absolute atomic E-state index is 10.3. The number of benzene rings is 1. The van der Waals surface area contributed by atoms with Gasteiger partial charge in [-0.1, -0.05) is 38.1 Å². The quantitative estimate of drug-likeness (QED) is 0.592. The number of aromatic nitrogens is 1. The fourth-order valence-electron chi connectivity index (χ4n) is 8.45. The van der Waals surface area contributed by atoms with E-state index >= 15 is 0 Å². The van der Waals surface area contributed by atoms with Crippen molar-refractivity contribution in [1.29, 1.82) is 0 Å². The molecule has 1 aromatic carbocycles. The molecule has 0 amide bonds. The highest BCUT2D eigenvalue weighted by molar-refractivity contribution is 5.84. The minimum absolute atomic E-state index is 0.0414. The van der Waals surface area contributed by atoms with E-state index in [0.29, 0.717) is 10.8 Å². The summed E-state index contributed by atoms with van der Waals surface area (Å²) in [4.78, 5) is 0. The lowest BCUT2D eigenvalue weighted by Gasteiger charge is -2.60. The summed E-state index contributed by atoms with van der Waals surface area (Å²) in [6.07, 6.45) is 14.8. The Bertz CT molecular complexity index is 972. The predicted molar refractivity (Wildman–Crippen MR) is 119 cm³/mol. The lowest BCUT2D eigenvalue weighted by molar-refractivity contribution is -0.115. The molecular weight excluding hydrogens is 354 g/mol. The summed E-state index contributed by atoms with van der Waals surface area (Å²) in [5.74, 6) is 3.27. The van der Waals surface area contributed by atoms with Gasteiger partial charge in [0.15, 0.2) is 0 Å². The van der Waals surface area contributed by atoms with Crippen molar-refractivity contribution in [3.05, 3.63) is 42.6 Å². The standard InChI is InChI=1S/C27H35NO/c1-26-14-11-20(29)17-19(26)7-8-21-22-9-10-25(27(22,2)15-12-23(21)26)28-16-13-18-5-3-4-6-24(18)28/h3-6,10,13,16,19-23,29H,7-9,11-12,14-15,17H2,1-2H3/t19-,20-,21?,22?,23?,26+,27+/m1/s1. The highest BCUT2D eigenvalue weighted by Gasteiger charge is 2.58. The van der Waals surface area contributed by atoms with E-state index in [0.717, 1.165) is 36.5 Å². The third kappa shape index (κ3) is 2.45. The monoisotopic (exact) mass is 389 g/mol. The zero-order valence-corrected chi connectivity index (χ0v) is 18.0. The molecule has 3 unspecified atom stereocenters. The van der Waals surface area contributed by atoms with Crippen LogP contribution in [-0.4, -0.2) is 15.8 Å². The van der Waals surface area contributed by atoms with E-state index in [4.69, 9.17) is 0 Å². The first-order valence-electron chi connectivity index (χ1n) is 12.0. The van der Waals surface area contributed by atoms with Gasteiger partial charge in [-0.25, -0.2) is 0 Å². The lowest BCUT2D eigenvalue weighted by Crippen LogP contribution is -2.53. The number of hydrogen-bond acceptors (Lipinski definition) is 1. The summed E-state index contributed by atoms with van der Waals surface area (Å²) >= 11 is 0. The van der Waals surface area contributed by atoms with Gasteiger partial charge in [0.25, 0.3) is 0 Å². The summed E-state index contributed by atoms with van der Waals surface area (Å²) in [6.45, 7) is 5.16. The first kappa shape index (κ1) is 18.2. The molecule has 0 aliphatic heterocycles. The van der Waals surface area contributed by atoms with Gasteiger partial charge in [-0.05, 0) is 98.0 Å². The maximum Gasteiger partial charge on any atom is 0.0543 e. The van der Waals surface area contributed by atoms with Crippen molar-refractivity contribution in [3.63, 3.8) is 0 Å². The molecule has 2 nitrogen and oxygen atoms in total. The number of aliphatic hydroxyl groups is 1. The van der Waals surface area contributed by atoms with E-state index in [2.05, 4.69) is 61.0 Å². The number of nitrogens with zero attached hydrogens (tertiary/aromatic N) is 1. The van der Waals surface area contributed by atoms with E-state index in [9.17, 15) is 5.11 Å². The summed E-state index contributed by atoms with van der Waals surface area (Å²) < 4.78 is 2.50. The number of aliphatic hydroxyl groups excluding tert-OH is 1. The van der Waals surface area contributed by atoms with Gasteiger partial charge in [-0.3, -0.25) is 0 Å². The van der Waals surface area contributed by atoms with E-state index < -0.39 is 0 Å². The van der Waals surface area contributed by atoms with E-state index in [1.165, 1.54) is 49.4 Å². The number of fused-ring (bicyclic) bond motifs is 6. The zero-order valence-electron chi connectivity index (χ0n) is 18.0. The second-order valence-electron chi connectivity index (χ2n) is 11.1. The molecule has 2 aromatic rings. The Hall–Kier alpha value is -1.54. The smallest absolute Gasteiger partial charge is 0.0543 e. The molecular formula is C27H35NO. The van der Waals surface area contributed by atoms with Crippen LogP contribution in [-0.2, 0) is 0 Å². The van der Waals surface area contributed by atoms with Gasteiger partial charge >= 0.3 is 0 Å². The Morgan fingerprint density at radius 1 is 0.966 bits per heavy atom. The molecule has 0 spiro atoms. The van der Waals surface area contributed by atoms with Crippen LogP contribution >= 0.6 is 0 Å². The molecule has 4 aliphatic carbocycles. The van der Waals surface area contributed by atoms with Crippen LogP contribution in [0.15, 0.2) is 42.6 Å². The van der Waals surface area contributed by atoms with Crippen molar-refractivity contribution in [2.45, 2.75) is 71.3 Å². The van der Waals surface area contributed by atoms with Crippen LogP contribution in [0.5, 0.6) is 0 Å². The largest absolute Gasteiger partial charge is 0.393 e. The summed E-state index contributed by atoms with van der Waals surface area (Å²) in [7, 11) is 0. The molecule has 29 heavy (non-hydrogen) atoms. The van der Waals surface area contributed by atoms with Crippen molar-refractivity contribution in [1.82, 2.24) is 4.57 Å². The van der Waals surface area contributed by atoms with Gasteiger partial charge in [0.2, 0.25) is 0 Å². The molecule has 1 N–H and O–H groups in total. The highest BCUT2D eigenvalue weighted by Crippen LogP contribution is 2.67. The molecule has 4 aliphatic rings. The maximum atomic E-state index is 10.3. The summed E-state index contributed by atoms with van der Waals surface area (Å²) in [5, 5.41) is 11.6. The van der Waals surface area contributed by atoms with E-state index in [1.807, 2.05) is 0 Å². The highest BCUT2D eigenvalue weighted by atomic mass is 16.3. The Morgan fingerprint density at radius 2 is 1.83 bits per heavy atom. The van der Waals surface area contributed by atoms with Gasteiger partial charge in [0.1, 0.15) is 0 Å². The average Bonchev–Trinajstić information content (AvgIpc) is 3.29. The van der Waals surface area contributed by atoms with Gasteiger partial charge in [-0.15, -0.1) is 0 Å². The zero-order chi connectivity index (χ0) is 19.8. The molecule has 154 valence electrons. The molecule has 3 saturated carbocycles. The fraction of sp³-hybridized carbons (Fsp3) is 0.630. The SMILES string of the molecule is C[C@]12CCC3C(CC[C@@H]4C[C@H](O)CC[C@]34C)C1CC=C2n1ccc2ccccc21. The predicted octanol–water partition coefficient (Wildman–Crippen LogP) is 6.50. The van der Waals surface area contributed by atoms with E-state index in [-0.39, 0.29) is 6.10 Å². The Morgan fingerprint density at radius 3 is 2.72 bits per heavy atom. The van der Waals surface area contributed by atoms with Crippen molar-refractivity contribution < 1.29 is 5.11 Å². The Balaban J connectivity index is 1.34. The molecule has 1 heterocycles. The summed E-state index contributed by atoms with van der Waals surface area (Å²) in [5.41, 5.74) is 3.69. The van der Waals surface area contributed by atoms with Crippen LogP contribution in [0, 0.1) is 34.5 Å².